The van der Waals surface area contributed by atoms with Crippen LogP contribution in [0.2, 0.25) is 6.04 Å². The molecule has 0 rings (SSSR count). The van der Waals surface area contributed by atoms with Crippen LogP contribution in [-0.4, -0.2) is 122 Å². The fraction of sp³-hybridized carbons (Fsp3) is 0.864. The number of esters is 1. The minimum absolute atomic E-state index is 0.204. The van der Waals surface area contributed by atoms with Gasteiger partial charge in [-0.15, -0.1) is 0 Å². The number of carbonyl (C=O) groups excluding carboxylic acids is 1. The van der Waals surface area contributed by atoms with E-state index in [1.807, 2.05) is 0 Å². The lowest BCUT2D eigenvalue weighted by Crippen LogP contribution is -2.48. The van der Waals surface area contributed by atoms with E-state index < -0.39 is 14.8 Å². The quantitative estimate of drug-likeness (QED) is 0.0727. The Kier molecular flexibility index (Phi) is 23.1. The second-order valence-electron chi connectivity index (χ2n) is 7.06. The third kappa shape index (κ3) is 19.4. The van der Waals surface area contributed by atoms with Crippen molar-refractivity contribution in [3.05, 3.63) is 12.2 Å². The Hall–Kier alpha value is -0.933. The van der Waals surface area contributed by atoms with Crippen LogP contribution in [0.5, 0.6) is 0 Å². The van der Waals surface area contributed by atoms with Gasteiger partial charge < -0.3 is 46.4 Å². The van der Waals surface area contributed by atoms with Gasteiger partial charge in [0, 0.05) is 32.9 Å². The highest BCUT2D eigenvalue weighted by Gasteiger charge is 2.41. The van der Waals surface area contributed by atoms with Crippen molar-refractivity contribution >= 4 is 14.8 Å². The number of rotatable bonds is 26. The molecule has 0 spiro atoms. The molecule has 0 aliphatic rings. The molecule has 34 heavy (non-hydrogen) atoms. The minimum Gasteiger partial charge on any atom is -0.462 e. The van der Waals surface area contributed by atoms with Crippen LogP contribution in [0.25, 0.3) is 0 Å². The van der Waals surface area contributed by atoms with Gasteiger partial charge in [-0.05, 0) is 13.3 Å². The molecule has 0 fully saturated rings. The topological polar surface area (TPSA) is 109 Å². The summed E-state index contributed by atoms with van der Waals surface area (Å²) in [5.74, 6) is -0.431. The molecule has 0 unspecified atom stereocenters. The summed E-state index contributed by atoms with van der Waals surface area (Å²) in [5.41, 5.74) is 0.349. The lowest BCUT2D eigenvalue weighted by Gasteiger charge is -2.30. The first-order chi connectivity index (χ1) is 16.5. The lowest BCUT2D eigenvalue weighted by molar-refractivity contribution is -0.139. The third-order valence-corrected chi connectivity index (χ3v) is 7.05. The molecule has 0 amide bonds. The molecule has 0 N–H and O–H groups in total. The van der Waals surface area contributed by atoms with Crippen molar-refractivity contribution in [3.63, 3.8) is 0 Å². The number of methoxy groups -OCH3 is 3. The standard InChI is InChI=1S/C22H44O11Si/c1-21(2)22(23)30-7-6-20-34(31-17-14-27-11-8-24-3,32-18-15-28-12-9-25-4)33-19-16-29-13-10-26-5/h1,6-20H2,2-5H3. The molecular formula is C22H44O11Si. The van der Waals surface area contributed by atoms with E-state index in [0.29, 0.717) is 77.5 Å². The zero-order valence-electron chi connectivity index (χ0n) is 21.3. The Balaban J connectivity index is 4.90. The van der Waals surface area contributed by atoms with Crippen molar-refractivity contribution in [2.24, 2.45) is 0 Å². The fourth-order valence-electron chi connectivity index (χ4n) is 2.42. The highest BCUT2D eigenvalue weighted by atomic mass is 28.4. The highest BCUT2D eigenvalue weighted by Crippen LogP contribution is 2.19. The second-order valence-corrected chi connectivity index (χ2v) is 9.80. The van der Waals surface area contributed by atoms with Crippen LogP contribution >= 0.6 is 0 Å². The fourth-order valence-corrected chi connectivity index (χ4v) is 4.86. The largest absolute Gasteiger partial charge is 0.501 e. The molecule has 0 aromatic heterocycles. The normalized spacial score (nSPS) is 11.6. The summed E-state index contributed by atoms with van der Waals surface area (Å²) in [6.07, 6.45) is 0.505. The van der Waals surface area contributed by atoms with Gasteiger partial charge in [0.1, 0.15) is 0 Å². The van der Waals surface area contributed by atoms with Gasteiger partial charge in [-0.1, -0.05) is 6.58 Å². The van der Waals surface area contributed by atoms with Gasteiger partial charge in [-0.25, -0.2) is 4.79 Å². The maximum absolute atomic E-state index is 11.7. The van der Waals surface area contributed by atoms with E-state index in [4.69, 9.17) is 46.4 Å². The molecule has 0 atom stereocenters. The molecule has 11 nitrogen and oxygen atoms in total. The van der Waals surface area contributed by atoms with Crippen molar-refractivity contribution in [1.29, 1.82) is 0 Å². The maximum atomic E-state index is 11.7. The van der Waals surface area contributed by atoms with E-state index in [1.54, 1.807) is 28.3 Å². The summed E-state index contributed by atoms with van der Waals surface area (Å²) in [6.45, 7) is 10.3. The first-order valence-electron chi connectivity index (χ1n) is 11.5. The van der Waals surface area contributed by atoms with Gasteiger partial charge in [-0.3, -0.25) is 0 Å². The van der Waals surface area contributed by atoms with Crippen molar-refractivity contribution in [2.75, 3.05) is 107 Å². The van der Waals surface area contributed by atoms with Crippen molar-refractivity contribution < 1.29 is 51.2 Å². The zero-order valence-corrected chi connectivity index (χ0v) is 22.3. The van der Waals surface area contributed by atoms with Crippen molar-refractivity contribution in [1.82, 2.24) is 0 Å². The van der Waals surface area contributed by atoms with Gasteiger partial charge in [-0.2, -0.15) is 0 Å². The highest BCUT2D eigenvalue weighted by molar-refractivity contribution is 6.60. The number of hydrogen-bond acceptors (Lipinski definition) is 11. The molecular weight excluding hydrogens is 468 g/mol. The molecule has 0 aliphatic carbocycles. The van der Waals surface area contributed by atoms with Crippen molar-refractivity contribution in [2.45, 2.75) is 19.4 Å². The predicted molar refractivity (Wildman–Crippen MR) is 127 cm³/mol. The third-order valence-electron chi connectivity index (χ3n) is 4.15. The molecule has 0 aliphatic heterocycles. The zero-order chi connectivity index (χ0) is 25.3. The molecule has 0 radical (unpaired) electrons. The van der Waals surface area contributed by atoms with E-state index in [9.17, 15) is 4.79 Å². The molecule has 0 aromatic rings. The smallest absolute Gasteiger partial charge is 0.462 e. The summed E-state index contributed by atoms with van der Waals surface area (Å²) in [6, 6.07) is 0.449. The number of ether oxygens (including phenoxy) is 7. The van der Waals surface area contributed by atoms with Gasteiger partial charge in [0.25, 0.3) is 0 Å². The monoisotopic (exact) mass is 512 g/mol. The van der Waals surface area contributed by atoms with Crippen LogP contribution in [0.15, 0.2) is 12.2 Å². The van der Waals surface area contributed by atoms with Crippen LogP contribution < -0.4 is 0 Å². The molecule has 0 bridgehead atoms. The summed E-state index contributed by atoms with van der Waals surface area (Å²) < 4.78 is 55.0. The molecule has 202 valence electrons. The Morgan fingerprint density at radius 3 is 1.35 bits per heavy atom. The van der Waals surface area contributed by atoms with Gasteiger partial charge in [0.05, 0.1) is 85.9 Å². The Bertz CT molecular complexity index is 453. The van der Waals surface area contributed by atoms with E-state index in [0.717, 1.165) is 0 Å². The van der Waals surface area contributed by atoms with Crippen molar-refractivity contribution in [3.8, 4) is 0 Å². The summed E-state index contributed by atoms with van der Waals surface area (Å²) in [5, 5.41) is 0. The predicted octanol–water partition coefficient (Wildman–Crippen LogP) is 1.47. The van der Waals surface area contributed by atoms with E-state index in [1.165, 1.54) is 0 Å². The Morgan fingerprint density at radius 1 is 0.618 bits per heavy atom. The van der Waals surface area contributed by atoms with E-state index >= 15 is 0 Å². The van der Waals surface area contributed by atoms with Crippen LogP contribution in [0, 0.1) is 0 Å². The van der Waals surface area contributed by atoms with E-state index in [2.05, 4.69) is 6.58 Å². The summed E-state index contributed by atoms with van der Waals surface area (Å²) in [4.78, 5) is 11.7. The first kappa shape index (κ1) is 33.1. The average Bonchev–Trinajstić information content (AvgIpc) is 2.83. The molecule has 0 saturated carbocycles. The minimum atomic E-state index is -3.15. The first-order valence-corrected chi connectivity index (χ1v) is 13.4. The number of hydrogen-bond donors (Lipinski definition) is 0. The second kappa shape index (κ2) is 23.8. The van der Waals surface area contributed by atoms with Crippen LogP contribution in [0.1, 0.15) is 13.3 Å². The lowest BCUT2D eigenvalue weighted by atomic mass is 10.4. The van der Waals surface area contributed by atoms with Gasteiger partial charge >= 0.3 is 14.8 Å². The summed E-state index contributed by atoms with van der Waals surface area (Å²) >= 11 is 0. The van der Waals surface area contributed by atoms with Crippen LogP contribution in [0.3, 0.4) is 0 Å². The molecule has 0 heterocycles. The van der Waals surface area contributed by atoms with Crippen LogP contribution in [-0.2, 0) is 51.2 Å². The summed E-state index contributed by atoms with van der Waals surface area (Å²) in [7, 11) is 1.70. The molecule has 12 heteroatoms. The van der Waals surface area contributed by atoms with Crippen LogP contribution in [0.4, 0.5) is 0 Å². The molecule has 0 saturated heterocycles. The van der Waals surface area contributed by atoms with Gasteiger partial charge in [0.15, 0.2) is 0 Å². The van der Waals surface area contributed by atoms with E-state index in [-0.39, 0.29) is 26.4 Å². The Morgan fingerprint density at radius 2 is 1.00 bits per heavy atom. The number of carbonyl (C=O) groups is 1. The maximum Gasteiger partial charge on any atom is 0.501 e. The molecule has 0 aromatic carbocycles. The Labute approximate surface area is 205 Å². The van der Waals surface area contributed by atoms with Gasteiger partial charge in [0.2, 0.25) is 0 Å². The average molecular weight is 513 g/mol. The SMILES string of the molecule is C=C(C)C(=O)OCCC[Si](OCCOCCOC)(OCCOCCOC)OCCOCCOC.